The molecule has 0 aliphatic carbocycles. The van der Waals surface area contributed by atoms with E-state index in [2.05, 4.69) is 75.5 Å². The predicted octanol–water partition coefficient (Wildman–Crippen LogP) is 23.9. The van der Waals surface area contributed by atoms with Crippen LogP contribution in [0.1, 0.15) is 367 Å². The Hall–Kier alpha value is -2.89. The number of allylic oxidation sites excluding steroid dienone is 10. The normalized spacial score (nSPS) is 12.4. The van der Waals surface area contributed by atoms with Crippen LogP contribution in [0.15, 0.2) is 60.8 Å². The highest BCUT2D eigenvalue weighted by Crippen LogP contribution is 2.18. The van der Waals surface area contributed by atoms with E-state index in [9.17, 15) is 14.4 Å². The zero-order chi connectivity index (χ0) is 57.1. The van der Waals surface area contributed by atoms with Crippen molar-refractivity contribution in [2.75, 3.05) is 13.2 Å². The molecule has 0 radical (unpaired) electrons. The molecule has 6 heteroatoms. The highest BCUT2D eigenvalue weighted by atomic mass is 16.6. The number of carbonyl (C=O) groups is 3. The summed E-state index contributed by atoms with van der Waals surface area (Å²) < 4.78 is 16.9. The summed E-state index contributed by atoms with van der Waals surface area (Å²) in [7, 11) is 0. The molecule has 1 unspecified atom stereocenters. The second-order valence-electron chi connectivity index (χ2n) is 23.4. The minimum absolute atomic E-state index is 0.0934. The molecule has 0 saturated heterocycles. The van der Waals surface area contributed by atoms with Gasteiger partial charge < -0.3 is 14.2 Å². The molecule has 0 rings (SSSR count). The van der Waals surface area contributed by atoms with Gasteiger partial charge in [-0.15, -0.1) is 0 Å². The molecule has 0 aromatic heterocycles. The smallest absolute Gasteiger partial charge is 0.306 e. The third-order valence-corrected chi connectivity index (χ3v) is 15.5. The van der Waals surface area contributed by atoms with Crippen LogP contribution in [0.3, 0.4) is 0 Å². The van der Waals surface area contributed by atoms with Gasteiger partial charge in [0.2, 0.25) is 0 Å². The van der Waals surface area contributed by atoms with E-state index in [0.717, 1.165) is 64.2 Å². The number of hydrogen-bond acceptors (Lipinski definition) is 6. The summed E-state index contributed by atoms with van der Waals surface area (Å²) in [6.45, 7) is 6.52. The van der Waals surface area contributed by atoms with Crippen molar-refractivity contribution < 1.29 is 28.6 Å². The Morgan fingerprint density at radius 3 is 0.848 bits per heavy atom. The molecule has 0 N–H and O–H groups in total. The number of hydrogen-bond donors (Lipinski definition) is 0. The largest absolute Gasteiger partial charge is 0.462 e. The van der Waals surface area contributed by atoms with Gasteiger partial charge >= 0.3 is 17.9 Å². The molecule has 0 heterocycles. The third kappa shape index (κ3) is 65.8. The maximum Gasteiger partial charge on any atom is 0.306 e. The van der Waals surface area contributed by atoms with E-state index in [1.165, 1.54) is 257 Å². The van der Waals surface area contributed by atoms with E-state index < -0.39 is 6.10 Å². The topological polar surface area (TPSA) is 78.9 Å². The Balaban J connectivity index is 4.25. The van der Waals surface area contributed by atoms with E-state index in [0.29, 0.717) is 19.3 Å². The van der Waals surface area contributed by atoms with Gasteiger partial charge in [0, 0.05) is 19.3 Å². The van der Waals surface area contributed by atoms with Gasteiger partial charge in [-0.1, -0.05) is 338 Å². The number of unbranched alkanes of at least 4 members (excludes halogenated alkanes) is 43. The predicted molar refractivity (Wildman–Crippen MR) is 344 cm³/mol. The minimum Gasteiger partial charge on any atom is -0.462 e. The van der Waals surface area contributed by atoms with Crippen LogP contribution in [0.5, 0.6) is 0 Å². The molecular weight excluding hydrogens is 973 g/mol. The number of esters is 3. The second kappa shape index (κ2) is 67.6. The highest BCUT2D eigenvalue weighted by molar-refractivity contribution is 5.71. The SMILES string of the molecule is CC/C=C\C/C=C\C/C=C\C/C=C\CCC(=O)OCC(COC(=O)CCCCCCCCCCCCCCCCCCCCCCCCCCCCC)OC(=O)CCCCCCCCCCC/C=C\CCCCCCCCCC. The number of ether oxygens (including phenoxy) is 3. The molecule has 0 spiro atoms. The molecular formula is C73H132O6. The lowest BCUT2D eigenvalue weighted by atomic mass is 10.0. The van der Waals surface area contributed by atoms with Gasteiger partial charge in [-0.05, 0) is 70.6 Å². The first-order valence-corrected chi connectivity index (χ1v) is 34.8. The van der Waals surface area contributed by atoms with Gasteiger partial charge in [-0.3, -0.25) is 14.4 Å². The molecule has 0 saturated carbocycles. The molecule has 0 aromatic carbocycles. The molecule has 79 heavy (non-hydrogen) atoms. The summed E-state index contributed by atoms with van der Waals surface area (Å²) in [6, 6.07) is 0. The summed E-state index contributed by atoms with van der Waals surface area (Å²) in [6.07, 6.45) is 87.1. The van der Waals surface area contributed by atoms with Crippen LogP contribution in [0.2, 0.25) is 0 Å². The van der Waals surface area contributed by atoms with Crippen molar-refractivity contribution in [3.05, 3.63) is 60.8 Å². The van der Waals surface area contributed by atoms with Gasteiger partial charge in [0.05, 0.1) is 0 Å². The van der Waals surface area contributed by atoms with Crippen LogP contribution < -0.4 is 0 Å². The zero-order valence-electron chi connectivity index (χ0n) is 52.9. The third-order valence-electron chi connectivity index (χ3n) is 15.5. The first-order chi connectivity index (χ1) is 39.0. The van der Waals surface area contributed by atoms with Crippen LogP contribution >= 0.6 is 0 Å². The molecule has 460 valence electrons. The van der Waals surface area contributed by atoms with E-state index >= 15 is 0 Å². The van der Waals surface area contributed by atoms with Gasteiger partial charge in [0.15, 0.2) is 6.10 Å². The van der Waals surface area contributed by atoms with Crippen LogP contribution in [0.4, 0.5) is 0 Å². The molecule has 6 nitrogen and oxygen atoms in total. The van der Waals surface area contributed by atoms with Crippen LogP contribution in [0, 0.1) is 0 Å². The second-order valence-corrected chi connectivity index (χ2v) is 23.4. The molecule has 0 fully saturated rings. The summed E-state index contributed by atoms with van der Waals surface area (Å²) in [4.78, 5) is 38.3. The van der Waals surface area contributed by atoms with E-state index in [-0.39, 0.29) is 37.5 Å². The fraction of sp³-hybridized carbons (Fsp3) is 0.822. The van der Waals surface area contributed by atoms with Crippen LogP contribution in [-0.2, 0) is 28.6 Å². The molecule has 0 amide bonds. The van der Waals surface area contributed by atoms with Crippen molar-refractivity contribution in [3.8, 4) is 0 Å². The van der Waals surface area contributed by atoms with Gasteiger partial charge in [0.25, 0.3) is 0 Å². The molecule has 0 aliphatic rings. The Morgan fingerprint density at radius 1 is 0.266 bits per heavy atom. The average molecular weight is 1110 g/mol. The van der Waals surface area contributed by atoms with Crippen molar-refractivity contribution in [2.24, 2.45) is 0 Å². The molecule has 0 bridgehead atoms. The molecule has 0 aliphatic heterocycles. The maximum absolute atomic E-state index is 12.9. The Kier molecular flexibility index (Phi) is 65.1. The van der Waals surface area contributed by atoms with Gasteiger partial charge in [0.1, 0.15) is 13.2 Å². The lowest BCUT2D eigenvalue weighted by Crippen LogP contribution is -2.30. The zero-order valence-corrected chi connectivity index (χ0v) is 52.9. The monoisotopic (exact) mass is 1110 g/mol. The van der Waals surface area contributed by atoms with Crippen molar-refractivity contribution in [1.29, 1.82) is 0 Å². The average Bonchev–Trinajstić information content (AvgIpc) is 3.45. The number of carbonyl (C=O) groups excluding carboxylic acids is 3. The van der Waals surface area contributed by atoms with E-state index in [1.54, 1.807) is 0 Å². The Labute approximate surface area is 491 Å². The Morgan fingerprint density at radius 2 is 0.519 bits per heavy atom. The maximum atomic E-state index is 12.9. The van der Waals surface area contributed by atoms with Gasteiger partial charge in [-0.2, -0.15) is 0 Å². The van der Waals surface area contributed by atoms with Crippen LogP contribution in [0.25, 0.3) is 0 Å². The molecule has 0 aromatic rings. The van der Waals surface area contributed by atoms with Crippen LogP contribution in [-0.4, -0.2) is 37.2 Å². The summed E-state index contributed by atoms with van der Waals surface area (Å²) in [5.41, 5.74) is 0. The molecule has 1 atom stereocenters. The lowest BCUT2D eigenvalue weighted by Gasteiger charge is -2.18. The summed E-state index contributed by atoms with van der Waals surface area (Å²) in [5.74, 6) is -0.960. The fourth-order valence-corrected chi connectivity index (χ4v) is 10.3. The Bertz CT molecular complexity index is 1410. The van der Waals surface area contributed by atoms with Crippen molar-refractivity contribution >= 4 is 17.9 Å². The van der Waals surface area contributed by atoms with E-state index in [4.69, 9.17) is 14.2 Å². The standard InChI is InChI=1S/C73H132O6/c1-4-7-10-13-16-19-22-25-27-29-31-33-34-35-36-37-38-40-41-43-45-48-51-54-57-60-63-66-72(75)78-69-70(68-77-71(74)65-62-59-56-53-50-47-24-21-18-15-12-9-6-3)79-73(76)67-64-61-58-55-52-49-46-44-42-39-32-30-28-26-23-20-17-14-11-8-5-2/h9,12,18,21,30,32,47,50,56,59,70H,4-8,10-11,13-17,19-20,22-29,31,33-46,48-49,51-55,57-58,60-69H2,1-3H3/b12-9-,21-18-,32-30-,50-47-,59-56-. The van der Waals surface area contributed by atoms with Crippen molar-refractivity contribution in [3.63, 3.8) is 0 Å². The fourth-order valence-electron chi connectivity index (χ4n) is 10.3. The first-order valence-electron chi connectivity index (χ1n) is 34.8. The highest BCUT2D eigenvalue weighted by Gasteiger charge is 2.19. The van der Waals surface area contributed by atoms with Crippen molar-refractivity contribution in [1.82, 2.24) is 0 Å². The summed E-state index contributed by atoms with van der Waals surface area (Å²) in [5, 5.41) is 0. The first kappa shape index (κ1) is 76.1. The summed E-state index contributed by atoms with van der Waals surface area (Å²) >= 11 is 0. The minimum atomic E-state index is -0.804. The lowest BCUT2D eigenvalue weighted by molar-refractivity contribution is -0.166. The quantitative estimate of drug-likeness (QED) is 0.0261. The van der Waals surface area contributed by atoms with Crippen molar-refractivity contribution in [2.45, 2.75) is 374 Å². The van der Waals surface area contributed by atoms with Gasteiger partial charge in [-0.25, -0.2) is 0 Å². The van der Waals surface area contributed by atoms with E-state index in [1.807, 2.05) is 6.08 Å². The number of rotatable bonds is 64.